The monoisotopic (exact) mass is 301 g/mol. The van der Waals surface area contributed by atoms with E-state index < -0.39 is 0 Å². The summed E-state index contributed by atoms with van der Waals surface area (Å²) in [6, 6.07) is 0. The molecule has 1 heterocycles. The Bertz CT molecular complexity index is 334. The van der Waals surface area contributed by atoms with Gasteiger partial charge < -0.3 is 14.8 Å². The molecule has 0 unspecified atom stereocenters. The first-order valence-corrected chi connectivity index (χ1v) is 8.33. The van der Waals surface area contributed by atoms with E-state index in [1.807, 2.05) is 0 Å². The number of hydrogen-bond acceptors (Lipinski definition) is 6. The third-order valence-corrected chi connectivity index (χ3v) is 3.77. The number of aromatic nitrogens is 2. The maximum absolute atomic E-state index is 5.61. The number of ether oxygens (including phenoxy) is 2. The lowest BCUT2D eigenvalue weighted by atomic mass is 10.1. The molecule has 0 saturated carbocycles. The lowest BCUT2D eigenvalue weighted by molar-refractivity contribution is 0.199. The zero-order valence-corrected chi connectivity index (χ0v) is 13.5. The maximum atomic E-state index is 5.61. The van der Waals surface area contributed by atoms with Crippen molar-refractivity contribution in [3.05, 3.63) is 5.01 Å². The summed E-state index contributed by atoms with van der Waals surface area (Å²) in [6.07, 6.45) is 7.63. The number of hydrogen-bond donors (Lipinski definition) is 1. The second-order valence-corrected chi connectivity index (χ2v) is 5.77. The Hall–Kier alpha value is -0.720. The Morgan fingerprint density at radius 1 is 1.05 bits per heavy atom. The molecule has 0 atom stereocenters. The molecule has 0 aromatic carbocycles. The Morgan fingerprint density at radius 2 is 1.85 bits per heavy atom. The van der Waals surface area contributed by atoms with Gasteiger partial charge in [-0.05, 0) is 6.42 Å². The predicted octanol–water partition coefficient (Wildman–Crippen LogP) is 3.01. The molecule has 1 aromatic heterocycles. The van der Waals surface area contributed by atoms with Crippen molar-refractivity contribution in [2.24, 2.45) is 0 Å². The van der Waals surface area contributed by atoms with Crippen molar-refractivity contribution < 1.29 is 9.47 Å². The summed E-state index contributed by atoms with van der Waals surface area (Å²) < 4.78 is 10.6. The second-order valence-electron chi connectivity index (χ2n) is 4.75. The summed E-state index contributed by atoms with van der Waals surface area (Å²) in [4.78, 5) is 0. The van der Waals surface area contributed by atoms with Gasteiger partial charge in [-0.15, -0.1) is 10.2 Å². The van der Waals surface area contributed by atoms with Crippen LogP contribution in [0, 0.1) is 0 Å². The van der Waals surface area contributed by atoms with Gasteiger partial charge in [0.15, 0.2) is 0 Å². The van der Waals surface area contributed by atoms with E-state index in [-0.39, 0.29) is 0 Å². The van der Waals surface area contributed by atoms with E-state index in [0.29, 0.717) is 11.8 Å². The fourth-order valence-corrected chi connectivity index (χ4v) is 2.46. The molecule has 116 valence electrons. The lowest BCUT2D eigenvalue weighted by Gasteiger charge is -2.01. The molecule has 0 radical (unpaired) electrons. The topological polar surface area (TPSA) is 56.3 Å². The highest BCUT2D eigenvalue weighted by atomic mass is 32.1. The standard InChI is InChI=1S/C14H27N3O2S/c1-3-4-5-6-7-8-10-19-14-17-16-13(20-14)12-15-9-11-18-2/h15H,3-12H2,1-2H3. The lowest BCUT2D eigenvalue weighted by Crippen LogP contribution is -2.18. The maximum Gasteiger partial charge on any atom is 0.294 e. The zero-order chi connectivity index (χ0) is 14.5. The van der Waals surface area contributed by atoms with Crippen LogP contribution in [0.5, 0.6) is 5.19 Å². The summed E-state index contributed by atoms with van der Waals surface area (Å²) in [5, 5.41) is 13.0. The van der Waals surface area contributed by atoms with Crippen molar-refractivity contribution in [1.82, 2.24) is 15.5 Å². The minimum Gasteiger partial charge on any atom is -0.469 e. The number of methoxy groups -OCH3 is 1. The van der Waals surface area contributed by atoms with Gasteiger partial charge in [0, 0.05) is 20.2 Å². The average Bonchev–Trinajstić information content (AvgIpc) is 2.90. The van der Waals surface area contributed by atoms with Crippen molar-refractivity contribution >= 4 is 11.3 Å². The minimum atomic E-state index is 0.682. The van der Waals surface area contributed by atoms with Crippen LogP contribution in [0.15, 0.2) is 0 Å². The highest BCUT2D eigenvalue weighted by Gasteiger charge is 2.04. The van der Waals surface area contributed by atoms with Crippen molar-refractivity contribution in [2.75, 3.05) is 26.9 Å². The summed E-state index contributed by atoms with van der Waals surface area (Å²) in [6.45, 7) is 5.24. The fourth-order valence-electron chi connectivity index (χ4n) is 1.78. The van der Waals surface area contributed by atoms with Gasteiger partial charge >= 0.3 is 0 Å². The van der Waals surface area contributed by atoms with Gasteiger partial charge in [-0.3, -0.25) is 0 Å². The molecule has 0 bridgehead atoms. The van der Waals surface area contributed by atoms with Crippen LogP contribution >= 0.6 is 11.3 Å². The molecule has 1 rings (SSSR count). The normalized spacial score (nSPS) is 10.9. The van der Waals surface area contributed by atoms with E-state index >= 15 is 0 Å². The Morgan fingerprint density at radius 3 is 2.65 bits per heavy atom. The predicted molar refractivity (Wildman–Crippen MR) is 82.4 cm³/mol. The van der Waals surface area contributed by atoms with E-state index in [0.717, 1.165) is 31.1 Å². The van der Waals surface area contributed by atoms with Crippen molar-refractivity contribution in [1.29, 1.82) is 0 Å². The first kappa shape index (κ1) is 17.3. The molecule has 1 N–H and O–H groups in total. The molecule has 0 fully saturated rings. The molecular formula is C14H27N3O2S. The van der Waals surface area contributed by atoms with Gasteiger partial charge in [-0.1, -0.05) is 50.4 Å². The number of rotatable bonds is 13. The van der Waals surface area contributed by atoms with Gasteiger partial charge in [0.25, 0.3) is 5.19 Å². The third kappa shape index (κ3) is 8.45. The van der Waals surface area contributed by atoms with Crippen LogP contribution in [0.4, 0.5) is 0 Å². The summed E-state index contributed by atoms with van der Waals surface area (Å²) in [5.74, 6) is 0. The molecule has 0 spiro atoms. The molecule has 0 aliphatic heterocycles. The van der Waals surface area contributed by atoms with E-state index in [4.69, 9.17) is 9.47 Å². The molecular weight excluding hydrogens is 274 g/mol. The number of nitrogens with zero attached hydrogens (tertiary/aromatic N) is 2. The summed E-state index contributed by atoms with van der Waals surface area (Å²) in [7, 11) is 1.70. The van der Waals surface area contributed by atoms with Gasteiger partial charge in [-0.2, -0.15) is 0 Å². The highest BCUT2D eigenvalue weighted by Crippen LogP contribution is 2.18. The molecule has 1 aromatic rings. The zero-order valence-electron chi connectivity index (χ0n) is 12.7. The van der Waals surface area contributed by atoms with Crippen LogP contribution in [-0.2, 0) is 11.3 Å². The van der Waals surface area contributed by atoms with Crippen LogP contribution < -0.4 is 10.1 Å². The molecule has 0 amide bonds. The number of unbranched alkanes of at least 4 members (excludes halogenated alkanes) is 5. The molecule has 0 aliphatic rings. The van der Waals surface area contributed by atoms with E-state index in [1.165, 1.54) is 43.4 Å². The Kier molecular flexibility index (Phi) is 10.4. The van der Waals surface area contributed by atoms with Crippen LogP contribution in [0.25, 0.3) is 0 Å². The smallest absolute Gasteiger partial charge is 0.294 e. The quantitative estimate of drug-likeness (QED) is 0.568. The summed E-state index contributed by atoms with van der Waals surface area (Å²) in [5.41, 5.74) is 0. The van der Waals surface area contributed by atoms with Crippen LogP contribution in [0.3, 0.4) is 0 Å². The van der Waals surface area contributed by atoms with Crippen LogP contribution in [0.2, 0.25) is 0 Å². The molecule has 0 aliphatic carbocycles. The third-order valence-electron chi connectivity index (χ3n) is 2.93. The van der Waals surface area contributed by atoms with Crippen molar-refractivity contribution in [3.8, 4) is 5.19 Å². The van der Waals surface area contributed by atoms with E-state index in [1.54, 1.807) is 7.11 Å². The minimum absolute atomic E-state index is 0.682. The van der Waals surface area contributed by atoms with Gasteiger partial charge in [0.05, 0.1) is 13.2 Å². The number of nitrogens with one attached hydrogen (secondary N) is 1. The molecule has 0 saturated heterocycles. The largest absolute Gasteiger partial charge is 0.469 e. The SMILES string of the molecule is CCCCCCCCOc1nnc(CNCCOC)s1. The van der Waals surface area contributed by atoms with Gasteiger partial charge in [0.1, 0.15) is 5.01 Å². The highest BCUT2D eigenvalue weighted by molar-refractivity contribution is 7.13. The van der Waals surface area contributed by atoms with Gasteiger partial charge in [-0.25, -0.2) is 0 Å². The van der Waals surface area contributed by atoms with E-state index in [9.17, 15) is 0 Å². The fraction of sp³-hybridized carbons (Fsp3) is 0.857. The summed E-state index contributed by atoms with van der Waals surface area (Å²) >= 11 is 1.52. The first-order chi connectivity index (χ1) is 9.86. The molecule has 20 heavy (non-hydrogen) atoms. The van der Waals surface area contributed by atoms with Gasteiger partial charge in [0.2, 0.25) is 0 Å². The second kappa shape index (κ2) is 12.1. The van der Waals surface area contributed by atoms with Crippen LogP contribution in [-0.4, -0.2) is 37.1 Å². The Labute approximate surface area is 126 Å². The Balaban J connectivity index is 2.02. The van der Waals surface area contributed by atoms with Crippen molar-refractivity contribution in [2.45, 2.75) is 52.0 Å². The van der Waals surface area contributed by atoms with E-state index in [2.05, 4.69) is 22.4 Å². The van der Waals surface area contributed by atoms with Crippen LogP contribution in [0.1, 0.15) is 50.5 Å². The van der Waals surface area contributed by atoms with Crippen molar-refractivity contribution in [3.63, 3.8) is 0 Å². The molecule has 5 nitrogen and oxygen atoms in total. The first-order valence-electron chi connectivity index (χ1n) is 7.51. The molecule has 6 heteroatoms. The average molecular weight is 301 g/mol.